The van der Waals surface area contributed by atoms with E-state index < -0.39 is 36.5 Å². The van der Waals surface area contributed by atoms with Gasteiger partial charge in [0.25, 0.3) is 11.8 Å². The number of methoxy groups -OCH3 is 1. The normalized spacial score (nSPS) is 12.1. The molecule has 1 saturated carbocycles. The number of esters is 2. The Morgan fingerprint density at radius 3 is 2.32 bits per heavy atom. The molecular formula is C34H36N6O7. The number of nitrogens with one attached hydrogen (secondary N) is 4. The summed E-state index contributed by atoms with van der Waals surface area (Å²) in [5.74, 6) is -2.84. The van der Waals surface area contributed by atoms with E-state index in [1.807, 2.05) is 0 Å². The van der Waals surface area contributed by atoms with Crippen LogP contribution in [0.5, 0.6) is 5.75 Å². The molecule has 0 saturated heterocycles. The fraction of sp³-hybridized carbons (Fsp3) is 0.265. The molecule has 1 aliphatic rings. The Hall–Kier alpha value is -5.85. The topological polar surface area (TPSA) is 207 Å². The third-order valence-corrected chi connectivity index (χ3v) is 7.33. The molecule has 0 spiro atoms. The number of anilines is 1. The van der Waals surface area contributed by atoms with Gasteiger partial charge in [-0.05, 0) is 67.3 Å². The Labute approximate surface area is 271 Å². The molecule has 0 bridgehead atoms. The number of hydrogen-bond acceptors (Lipinski definition) is 10. The first-order valence-corrected chi connectivity index (χ1v) is 14.8. The Kier molecular flexibility index (Phi) is 10.8. The van der Waals surface area contributed by atoms with Crippen molar-refractivity contribution >= 4 is 47.1 Å². The Morgan fingerprint density at radius 1 is 1.02 bits per heavy atom. The molecule has 13 heteroatoms. The molecular weight excluding hydrogens is 604 g/mol. The number of nitrogen functional groups attached to an aromatic ring is 1. The van der Waals surface area contributed by atoms with Crippen molar-refractivity contribution in [1.82, 2.24) is 10.3 Å². The van der Waals surface area contributed by atoms with Crippen LogP contribution in [0, 0.1) is 22.7 Å². The van der Waals surface area contributed by atoms with Gasteiger partial charge < -0.3 is 30.6 Å². The number of amidine groups is 1. The summed E-state index contributed by atoms with van der Waals surface area (Å²) in [4.78, 5) is 56.6. The summed E-state index contributed by atoms with van der Waals surface area (Å²) in [6.07, 6.45) is 3.54. The average Bonchev–Trinajstić information content (AvgIpc) is 3.90. The summed E-state index contributed by atoms with van der Waals surface area (Å²) in [5.41, 5.74) is 6.68. The number of rotatable bonds is 14. The minimum atomic E-state index is -1.04. The van der Waals surface area contributed by atoms with Gasteiger partial charge in [-0.15, -0.1) is 0 Å². The van der Waals surface area contributed by atoms with E-state index in [9.17, 15) is 19.2 Å². The Bertz CT molecular complexity index is 1750. The van der Waals surface area contributed by atoms with Crippen LogP contribution in [0.3, 0.4) is 0 Å². The zero-order chi connectivity index (χ0) is 34.2. The van der Waals surface area contributed by atoms with Gasteiger partial charge in [0.15, 0.2) is 5.69 Å². The van der Waals surface area contributed by atoms with Crippen molar-refractivity contribution in [3.8, 4) is 16.9 Å². The summed E-state index contributed by atoms with van der Waals surface area (Å²) >= 11 is 0. The van der Waals surface area contributed by atoms with Crippen molar-refractivity contribution in [3.63, 3.8) is 0 Å². The maximum atomic E-state index is 13.7. The lowest BCUT2D eigenvalue weighted by Gasteiger charge is -2.17. The molecule has 1 aliphatic carbocycles. The first-order valence-electron chi connectivity index (χ1n) is 14.8. The monoisotopic (exact) mass is 640 g/mol. The van der Waals surface area contributed by atoms with E-state index >= 15 is 0 Å². The predicted octanol–water partition coefficient (Wildman–Crippen LogP) is 4.41. The van der Waals surface area contributed by atoms with Crippen LogP contribution < -0.4 is 21.1 Å². The summed E-state index contributed by atoms with van der Waals surface area (Å²) < 4.78 is 15.7. The van der Waals surface area contributed by atoms with Crippen molar-refractivity contribution in [2.75, 3.05) is 25.8 Å². The molecule has 1 heterocycles. The first kappa shape index (κ1) is 34.0. The van der Waals surface area contributed by atoms with Crippen LogP contribution in [0.25, 0.3) is 17.2 Å². The van der Waals surface area contributed by atoms with E-state index in [1.165, 1.54) is 37.5 Å². The maximum absolute atomic E-state index is 13.7. The van der Waals surface area contributed by atoms with Gasteiger partial charge >= 0.3 is 11.9 Å². The molecule has 2 amide bonds. The summed E-state index contributed by atoms with van der Waals surface area (Å²) in [6, 6.07) is 12.3. The molecule has 3 aromatic rings. The number of aromatic nitrogens is 1. The number of ether oxygens (including phenoxy) is 3. The minimum Gasteiger partial charge on any atom is -0.496 e. The molecule has 0 radical (unpaired) electrons. The van der Waals surface area contributed by atoms with Crippen LogP contribution in [0.2, 0.25) is 0 Å². The number of amides is 2. The molecule has 47 heavy (non-hydrogen) atoms. The number of nitrogens with two attached hydrogens (primary N) is 1. The number of benzene rings is 2. The lowest BCUT2D eigenvalue weighted by atomic mass is 9.94. The third kappa shape index (κ3) is 8.45. The summed E-state index contributed by atoms with van der Waals surface area (Å²) in [5, 5.41) is 21.0. The quantitative estimate of drug-likeness (QED) is 0.0731. The van der Waals surface area contributed by atoms with E-state index in [2.05, 4.69) is 22.2 Å². The predicted molar refractivity (Wildman–Crippen MR) is 176 cm³/mol. The van der Waals surface area contributed by atoms with Crippen LogP contribution in [0.15, 0.2) is 55.1 Å². The molecule has 6 N–H and O–H groups in total. The van der Waals surface area contributed by atoms with Crippen molar-refractivity contribution in [1.29, 1.82) is 10.8 Å². The van der Waals surface area contributed by atoms with E-state index in [4.69, 9.17) is 30.8 Å². The number of nitrogens with zero attached hydrogens (tertiary/aromatic N) is 1. The Balaban J connectivity index is 1.75. The summed E-state index contributed by atoms with van der Waals surface area (Å²) in [6.45, 7) is 6.75. The highest BCUT2D eigenvalue weighted by atomic mass is 16.7. The van der Waals surface area contributed by atoms with Gasteiger partial charge in [-0.25, -0.2) is 14.6 Å². The van der Waals surface area contributed by atoms with Gasteiger partial charge in [-0.2, -0.15) is 0 Å². The molecule has 1 fully saturated rings. The van der Waals surface area contributed by atoms with E-state index in [1.54, 1.807) is 38.1 Å². The lowest BCUT2D eigenvalue weighted by Crippen LogP contribution is -2.27. The first-order chi connectivity index (χ1) is 22.4. The van der Waals surface area contributed by atoms with Crippen molar-refractivity contribution in [2.45, 2.75) is 26.7 Å². The van der Waals surface area contributed by atoms with Crippen LogP contribution in [-0.2, 0) is 14.3 Å². The molecule has 244 valence electrons. The van der Waals surface area contributed by atoms with Crippen LogP contribution in [0.4, 0.5) is 5.69 Å². The smallest absolute Gasteiger partial charge is 0.360 e. The molecule has 0 atom stereocenters. The van der Waals surface area contributed by atoms with Gasteiger partial charge in [-0.1, -0.05) is 26.5 Å². The van der Waals surface area contributed by atoms with Gasteiger partial charge in [0.05, 0.1) is 7.11 Å². The van der Waals surface area contributed by atoms with Gasteiger partial charge in [0.1, 0.15) is 23.0 Å². The van der Waals surface area contributed by atoms with Gasteiger partial charge in [0, 0.05) is 46.0 Å². The number of pyridine rings is 1. The third-order valence-electron chi connectivity index (χ3n) is 7.33. The highest BCUT2D eigenvalue weighted by Gasteiger charge is 2.27. The molecule has 1 aromatic heterocycles. The Morgan fingerprint density at radius 2 is 1.72 bits per heavy atom. The molecule has 2 aromatic carbocycles. The summed E-state index contributed by atoms with van der Waals surface area (Å²) in [7, 11) is 1.44. The second-order valence-corrected chi connectivity index (χ2v) is 11.1. The number of carbonyl (C=O) groups is 4. The molecule has 4 rings (SSSR count). The number of carbonyl (C=O) groups excluding carboxylic acids is 4. The van der Waals surface area contributed by atoms with Crippen molar-refractivity contribution in [3.05, 3.63) is 83.2 Å². The number of hydrogen-bond donors (Lipinski definition) is 5. The zero-order valence-corrected chi connectivity index (χ0v) is 26.3. The average molecular weight is 641 g/mol. The lowest BCUT2D eigenvalue weighted by molar-refractivity contribution is -0.144. The highest BCUT2D eigenvalue weighted by Crippen LogP contribution is 2.35. The minimum absolute atomic E-state index is 0.0637. The second kappa shape index (κ2) is 15.0. The molecule has 13 nitrogen and oxygen atoms in total. The van der Waals surface area contributed by atoms with E-state index in [0.717, 1.165) is 12.8 Å². The van der Waals surface area contributed by atoms with Crippen molar-refractivity contribution < 1.29 is 33.4 Å². The second-order valence-electron chi connectivity index (χ2n) is 11.1. The van der Waals surface area contributed by atoms with Crippen LogP contribution >= 0.6 is 0 Å². The zero-order valence-electron chi connectivity index (χ0n) is 26.3. The van der Waals surface area contributed by atoms with E-state index in [0.29, 0.717) is 35.0 Å². The van der Waals surface area contributed by atoms with E-state index in [-0.39, 0.29) is 39.6 Å². The highest BCUT2D eigenvalue weighted by molar-refractivity contribution is 6.35. The molecule has 0 unspecified atom stereocenters. The fourth-order valence-corrected chi connectivity index (χ4v) is 4.40. The van der Waals surface area contributed by atoms with Gasteiger partial charge in [-0.3, -0.25) is 20.4 Å². The van der Waals surface area contributed by atoms with Crippen LogP contribution in [0.1, 0.15) is 69.2 Å². The SMILES string of the molecule is C=Cc1cc(C(=O)Nc2ccc(C(=N)N)cc2)c(-c2ccc(C(=O)NCC3CC3)nc2C(=O)OCOC(=O)C(=N)C(C)C)cc1OC. The van der Waals surface area contributed by atoms with Gasteiger partial charge in [0.2, 0.25) is 6.79 Å². The fourth-order valence-electron chi connectivity index (χ4n) is 4.40. The molecule has 0 aliphatic heterocycles. The largest absolute Gasteiger partial charge is 0.496 e. The van der Waals surface area contributed by atoms with Crippen molar-refractivity contribution in [2.24, 2.45) is 17.6 Å². The standard InChI is InChI=1S/C34H36N6O7/c1-5-20-14-25(31(41)39-22-10-8-21(9-11-22)30(36)37)24(15-27(20)45-4)23-12-13-26(32(42)38-16-19-6-7-19)40-29(23)34(44)47-17-46-33(43)28(35)18(2)3/h5,8-15,18-19,35H,1,6-7,16-17H2,2-4H3,(H3,36,37)(H,38,42)(H,39,41). The maximum Gasteiger partial charge on any atom is 0.360 e. The van der Waals surface area contributed by atoms with Crippen LogP contribution in [-0.4, -0.2) is 60.7 Å².